The van der Waals surface area contributed by atoms with Gasteiger partial charge in [-0.2, -0.15) is 4.39 Å². The molecule has 4 aliphatic heterocycles. The number of aliphatic hydroxyl groups excluding tert-OH is 1. The normalized spacial score (nSPS) is 13.4. The van der Waals surface area contributed by atoms with Crippen molar-refractivity contribution in [2.24, 2.45) is 0 Å². The van der Waals surface area contributed by atoms with E-state index in [9.17, 15) is 33.0 Å². The van der Waals surface area contributed by atoms with Crippen molar-refractivity contribution < 1.29 is 147 Å². The number of piperazine rings is 4. The summed E-state index contributed by atoms with van der Waals surface area (Å²) < 4.78 is 40.5. The second kappa shape index (κ2) is 50.4. The zero-order valence-electron chi connectivity index (χ0n) is 58.7. The zero-order chi connectivity index (χ0) is 72.7. The second-order valence-corrected chi connectivity index (χ2v) is 26.2. The van der Waals surface area contributed by atoms with Gasteiger partial charge in [-0.15, -0.1) is 0 Å². The Morgan fingerprint density at radius 1 is 0.481 bits per heavy atom. The van der Waals surface area contributed by atoms with Crippen LogP contribution in [-0.4, -0.2) is 142 Å². The van der Waals surface area contributed by atoms with Gasteiger partial charge in [-0.1, -0.05) is 117 Å². The predicted molar refractivity (Wildman–Crippen MR) is 426 cm³/mol. The molecule has 560 valence electrons. The van der Waals surface area contributed by atoms with E-state index in [2.05, 4.69) is 79.6 Å². The molecule has 9 aromatic rings. The van der Waals surface area contributed by atoms with Crippen LogP contribution in [0.1, 0.15) is 29.3 Å². The van der Waals surface area contributed by atoms with E-state index in [1.807, 2.05) is 122 Å². The first kappa shape index (κ1) is 95.7. The van der Waals surface area contributed by atoms with Gasteiger partial charge in [0.1, 0.15) is 0 Å². The molecule has 4 aliphatic rings. The number of non-ortho nitro benzene ring substituents is 1. The molecule has 30 heteroatoms. The zero-order valence-corrected chi connectivity index (χ0v) is 67.8. The van der Waals surface area contributed by atoms with Crippen LogP contribution >= 0.6 is 46.4 Å². The fourth-order valence-electron chi connectivity index (χ4n) is 11.0. The first-order chi connectivity index (χ1) is 48.7. The molecule has 0 radical (unpaired) electrons. The summed E-state index contributed by atoms with van der Waals surface area (Å²) in [7, 11) is -2.61. The minimum absolute atomic E-state index is 0. The van der Waals surface area contributed by atoms with Gasteiger partial charge in [-0.25, -0.2) is 8.42 Å². The molecule has 0 aromatic heterocycles. The standard InChI is InChI=1S/C23H24ClN3O2S.C16H16ClN3O2.C16H18ClN3.C10H13ClN2.C6H4FNO2.CH2O3.CH4O.3CH4.2K.H/c1-18-5-11-23(12-6-18)30(28,29)25-20-3-2-4-22(17-20)27-15-13-26(14-16-27)21-9-7-19(24)8-10-21;17-13-4-6-14(7-5-13)18-8-10-19(11-9-18)15-2-1-3-16(12-15)20(21)22;17-13-4-6-15(7-5-13)19-8-10-20(11-9-19)16-3-1-2-14(18)12-16;11-9-1-3-10(4-2-9)13-7-5-12-6-8-13;7-5-3-1-2-4-6(5)8(9)10;2-1-4-3;1-2;;;;;;/h2-12,17,25H,13-16H2,1H3;1-7,12H,8-11H2;1-7,12H,8-11,18H2;1-4,12H,5-8H2;1-4H;1,3H;2H,1H3;3*1H4;;;/q;;;;;;;;;;2*+1;-1/p-1. The first-order valence-corrected chi connectivity index (χ1v) is 35.1. The number of aryl methyl sites for hydroxylation is 1. The summed E-state index contributed by atoms with van der Waals surface area (Å²) in [5.41, 5.74) is 15.9. The van der Waals surface area contributed by atoms with Crippen molar-refractivity contribution in [1.29, 1.82) is 0 Å². The van der Waals surface area contributed by atoms with E-state index >= 15 is 0 Å². The third kappa shape index (κ3) is 31.3. The van der Waals surface area contributed by atoms with Gasteiger partial charge in [0.25, 0.3) is 22.2 Å². The number of sulfonamides is 1. The Morgan fingerprint density at radius 2 is 0.811 bits per heavy atom. The fourth-order valence-corrected chi connectivity index (χ4v) is 12.6. The summed E-state index contributed by atoms with van der Waals surface area (Å²) in [6, 6.07) is 66.1. The predicted octanol–water partition coefficient (Wildman–Crippen LogP) is 9.15. The molecule has 4 saturated heterocycles. The van der Waals surface area contributed by atoms with E-state index in [-0.39, 0.29) is 148 Å². The van der Waals surface area contributed by atoms with E-state index in [0.29, 0.717) is 5.69 Å². The maximum absolute atomic E-state index is 12.7. The van der Waals surface area contributed by atoms with Crippen LogP contribution in [0.3, 0.4) is 0 Å². The average molecular weight is 1610 g/mol. The number of hydrogen-bond acceptors (Lipinski definition) is 19. The molecule has 4 fully saturated rings. The van der Waals surface area contributed by atoms with Crippen molar-refractivity contribution in [3.8, 4) is 0 Å². The van der Waals surface area contributed by atoms with E-state index in [0.717, 1.165) is 172 Å². The maximum atomic E-state index is 12.7. The number of nitrogens with two attached hydrogens (primary N) is 1. The van der Waals surface area contributed by atoms with Gasteiger partial charge in [-0.05, 0) is 165 Å². The molecule has 0 spiro atoms. The number of benzene rings is 9. The summed E-state index contributed by atoms with van der Waals surface area (Å²) in [5, 5.41) is 42.7. The molecule has 106 heavy (non-hydrogen) atoms. The Labute approximate surface area is 729 Å². The number of carbonyl (C=O) groups excluding carboxylic acids is 1. The van der Waals surface area contributed by atoms with Crippen molar-refractivity contribution in [3.63, 3.8) is 0 Å². The van der Waals surface area contributed by atoms with Crippen LogP contribution in [0.2, 0.25) is 20.1 Å². The molecule has 13 rings (SSSR count). The number of carbonyl (C=O) groups is 1. The third-order valence-corrected chi connectivity index (χ3v) is 18.7. The molecule has 5 N–H and O–H groups in total. The Bertz CT molecular complexity index is 4140. The van der Waals surface area contributed by atoms with Crippen LogP contribution in [0, 0.1) is 33.0 Å². The van der Waals surface area contributed by atoms with Gasteiger partial charge in [0.05, 0.1) is 20.4 Å². The molecular formula is C76H93Cl4FK2N12O10S. The minimum atomic E-state index is -3.61. The van der Waals surface area contributed by atoms with E-state index in [1.54, 1.807) is 42.5 Å². The first-order valence-electron chi connectivity index (χ1n) is 32.1. The molecule has 0 aliphatic carbocycles. The van der Waals surface area contributed by atoms with Crippen LogP contribution in [-0.2, 0) is 19.7 Å². The number of nitrogen functional groups attached to an aromatic ring is 1. The van der Waals surface area contributed by atoms with Crippen molar-refractivity contribution in [1.82, 2.24) is 5.32 Å². The largest absolute Gasteiger partial charge is 1.00 e. The van der Waals surface area contributed by atoms with Gasteiger partial charge in [0.2, 0.25) is 5.82 Å². The topological polar surface area (TPSA) is 263 Å². The maximum Gasteiger partial charge on any atom is 1.00 e. The van der Waals surface area contributed by atoms with Gasteiger partial charge >= 0.3 is 108 Å². The summed E-state index contributed by atoms with van der Waals surface area (Å²) in [4.78, 5) is 47.5. The number of aliphatic hydroxyl groups is 1. The number of nitro benzene ring substituents is 2. The summed E-state index contributed by atoms with van der Waals surface area (Å²) in [5.74, 6) is -0.799. The van der Waals surface area contributed by atoms with Crippen LogP contribution < -0.4 is 158 Å². The van der Waals surface area contributed by atoms with E-state index < -0.39 is 26.5 Å². The number of nitrogens with zero attached hydrogens (tertiary/aromatic N) is 9. The number of halogens is 5. The van der Waals surface area contributed by atoms with Crippen molar-refractivity contribution in [2.75, 3.05) is 157 Å². The Hall–Kier alpha value is -6.36. The number of hydrogen-bond donors (Lipinski definition) is 4. The smallest absolute Gasteiger partial charge is 1.00 e. The van der Waals surface area contributed by atoms with Crippen molar-refractivity contribution in [3.05, 3.63) is 270 Å². The summed E-state index contributed by atoms with van der Waals surface area (Å²) in [6.07, 6.45) is 0. The van der Waals surface area contributed by atoms with Gasteiger partial charge in [0.15, 0.2) is 0 Å². The van der Waals surface area contributed by atoms with Crippen molar-refractivity contribution >= 4 is 125 Å². The Morgan fingerprint density at radius 3 is 1.15 bits per heavy atom. The molecule has 0 atom stereocenters. The number of rotatable bonds is 13. The third-order valence-electron chi connectivity index (χ3n) is 16.2. The summed E-state index contributed by atoms with van der Waals surface area (Å²) in [6.45, 7) is 17.0. The molecular weight excluding hydrogens is 1510 g/mol. The van der Waals surface area contributed by atoms with Crippen LogP contribution in [0.4, 0.5) is 67.0 Å². The monoisotopic (exact) mass is 1600 g/mol. The van der Waals surface area contributed by atoms with Crippen LogP contribution in [0.25, 0.3) is 0 Å². The molecule has 0 saturated carbocycles. The van der Waals surface area contributed by atoms with Gasteiger partial charge in [0, 0.05) is 196 Å². The number of nitro groups is 2. The van der Waals surface area contributed by atoms with Crippen LogP contribution in [0.5, 0.6) is 0 Å². The molecule has 0 amide bonds. The Balaban J connectivity index is 0.000000671. The fraction of sp³-hybridized carbons (Fsp3) is 0.276. The average Bonchev–Trinajstić information content (AvgIpc) is 0.848. The number of nitrogens with one attached hydrogen (secondary N) is 2. The van der Waals surface area contributed by atoms with Crippen LogP contribution in [0.15, 0.2) is 223 Å². The molecule has 9 aromatic carbocycles. The van der Waals surface area contributed by atoms with Gasteiger partial charge in [-0.3, -0.25) is 29.7 Å². The quantitative estimate of drug-likeness (QED) is 0.0209. The SMILES string of the molecule is C.C.C.CO.Cc1ccc(S(=O)(=O)Nc2cccc(N3CCN(c4ccc(Cl)cc4)CC3)c2)cc1.Clc1ccc(N2CCNCC2)cc1.Nc1cccc(N2CCN(c3ccc(Cl)cc3)CC2)c1.O=CO[O-].O=[N+]([O-])c1cccc(N2CCN(c3ccc(Cl)cc3)CC2)c1.O=[N+]([O-])c1ccccc1F.[H-].[K+].[K+]. The van der Waals surface area contributed by atoms with Gasteiger partial charge < -0.3 is 62.0 Å². The van der Waals surface area contributed by atoms with E-state index in [1.165, 1.54) is 40.9 Å². The number of anilines is 9. The second-order valence-electron chi connectivity index (χ2n) is 22.8. The number of para-hydroxylation sites is 1. The Kier molecular flexibility index (Phi) is 45.5. The minimum Gasteiger partial charge on any atom is -1.00 e. The molecule has 4 heterocycles. The molecule has 22 nitrogen and oxygen atoms in total. The summed E-state index contributed by atoms with van der Waals surface area (Å²) >= 11 is 23.6. The molecule has 0 unspecified atom stereocenters. The van der Waals surface area contributed by atoms with Crippen molar-refractivity contribution in [2.45, 2.75) is 34.1 Å². The van der Waals surface area contributed by atoms with E-state index in [4.69, 9.17) is 67.3 Å². The molecule has 0 bridgehead atoms.